The SMILES string of the molecule is O=c1c2ccccc2nnn1C[NH+]1CC[NH+](Cc2ccccc2)CC1. The van der Waals surface area contributed by atoms with Crippen LogP contribution in [0.1, 0.15) is 5.56 Å². The topological polar surface area (TPSA) is 56.7 Å². The Labute approximate surface area is 146 Å². The maximum absolute atomic E-state index is 12.5. The Balaban J connectivity index is 1.39. The molecule has 0 unspecified atom stereocenters. The second-order valence-corrected chi connectivity index (χ2v) is 6.73. The summed E-state index contributed by atoms with van der Waals surface area (Å²) < 4.78 is 1.51. The number of rotatable bonds is 4. The smallest absolute Gasteiger partial charge is 0.282 e. The van der Waals surface area contributed by atoms with Crippen LogP contribution in [-0.4, -0.2) is 41.2 Å². The molecule has 2 N–H and O–H groups in total. The third-order valence-corrected chi connectivity index (χ3v) is 4.96. The standard InChI is InChI=1S/C19H21N5O/c25-19-17-8-4-5-9-18(17)20-21-24(19)15-23-12-10-22(11-13-23)14-16-6-2-1-3-7-16/h1-9H,10-15H2/p+2. The Hall–Kier alpha value is -2.57. The average molecular weight is 337 g/mol. The largest absolute Gasteiger partial charge is 0.322 e. The van der Waals surface area contributed by atoms with Gasteiger partial charge in [0.1, 0.15) is 38.2 Å². The van der Waals surface area contributed by atoms with Crippen LogP contribution < -0.4 is 15.4 Å². The second kappa shape index (κ2) is 7.13. The van der Waals surface area contributed by atoms with Crippen LogP contribution in [0.25, 0.3) is 10.9 Å². The van der Waals surface area contributed by atoms with E-state index in [1.165, 1.54) is 15.1 Å². The Morgan fingerprint density at radius 3 is 2.36 bits per heavy atom. The molecule has 2 aromatic carbocycles. The summed E-state index contributed by atoms with van der Waals surface area (Å²) in [6.45, 7) is 5.98. The molecule has 1 aliphatic rings. The van der Waals surface area contributed by atoms with E-state index in [0.29, 0.717) is 17.6 Å². The Bertz CT molecular complexity index is 900. The highest BCUT2D eigenvalue weighted by Gasteiger charge is 2.24. The fraction of sp³-hybridized carbons (Fsp3) is 0.316. The van der Waals surface area contributed by atoms with E-state index in [1.54, 1.807) is 4.90 Å². The summed E-state index contributed by atoms with van der Waals surface area (Å²) in [5, 5.41) is 8.93. The van der Waals surface area contributed by atoms with Gasteiger partial charge in [-0.3, -0.25) is 4.79 Å². The number of piperazine rings is 1. The Kier molecular flexibility index (Phi) is 4.54. The van der Waals surface area contributed by atoms with Crippen LogP contribution in [0.15, 0.2) is 59.4 Å². The molecule has 6 nitrogen and oxygen atoms in total. The van der Waals surface area contributed by atoms with Crippen molar-refractivity contribution in [2.24, 2.45) is 0 Å². The molecule has 0 bridgehead atoms. The molecule has 3 aromatic rings. The highest BCUT2D eigenvalue weighted by Crippen LogP contribution is 2.02. The minimum Gasteiger partial charge on any atom is -0.322 e. The van der Waals surface area contributed by atoms with Crippen molar-refractivity contribution in [3.05, 3.63) is 70.5 Å². The van der Waals surface area contributed by atoms with Crippen molar-refractivity contribution in [3.63, 3.8) is 0 Å². The van der Waals surface area contributed by atoms with E-state index >= 15 is 0 Å². The van der Waals surface area contributed by atoms with Crippen LogP contribution in [0.5, 0.6) is 0 Å². The van der Waals surface area contributed by atoms with Crippen LogP contribution in [0.3, 0.4) is 0 Å². The fourth-order valence-electron chi connectivity index (χ4n) is 3.52. The highest BCUT2D eigenvalue weighted by atomic mass is 16.1. The zero-order valence-electron chi connectivity index (χ0n) is 14.2. The number of fused-ring (bicyclic) bond motifs is 1. The quantitative estimate of drug-likeness (QED) is 0.624. The minimum atomic E-state index is -0.0443. The van der Waals surface area contributed by atoms with E-state index in [0.717, 1.165) is 32.7 Å². The van der Waals surface area contributed by atoms with Crippen molar-refractivity contribution in [1.82, 2.24) is 15.0 Å². The van der Waals surface area contributed by atoms with Gasteiger partial charge in [-0.1, -0.05) is 47.7 Å². The van der Waals surface area contributed by atoms with E-state index in [1.807, 2.05) is 24.3 Å². The molecule has 0 radical (unpaired) electrons. The predicted octanol–water partition coefficient (Wildman–Crippen LogP) is -1.27. The van der Waals surface area contributed by atoms with Crippen molar-refractivity contribution < 1.29 is 9.80 Å². The Morgan fingerprint density at radius 2 is 1.56 bits per heavy atom. The van der Waals surface area contributed by atoms with Crippen molar-refractivity contribution >= 4 is 10.9 Å². The van der Waals surface area contributed by atoms with Gasteiger partial charge >= 0.3 is 0 Å². The number of nitrogens with one attached hydrogen (secondary N) is 2. The molecular formula is C19H23N5O+2. The second-order valence-electron chi connectivity index (χ2n) is 6.73. The third-order valence-electron chi connectivity index (χ3n) is 4.96. The number of aromatic nitrogens is 3. The van der Waals surface area contributed by atoms with Gasteiger partial charge in [-0.25, -0.2) is 0 Å². The first kappa shape index (κ1) is 15.9. The molecule has 6 heteroatoms. The molecule has 25 heavy (non-hydrogen) atoms. The maximum Gasteiger partial charge on any atom is 0.282 e. The Morgan fingerprint density at radius 1 is 0.880 bits per heavy atom. The minimum absolute atomic E-state index is 0.0443. The first-order valence-electron chi connectivity index (χ1n) is 8.83. The summed E-state index contributed by atoms with van der Waals surface area (Å²) in [7, 11) is 0. The van der Waals surface area contributed by atoms with Gasteiger partial charge in [-0.2, -0.15) is 4.68 Å². The van der Waals surface area contributed by atoms with Crippen LogP contribution >= 0.6 is 0 Å². The van der Waals surface area contributed by atoms with E-state index in [4.69, 9.17) is 0 Å². The summed E-state index contributed by atoms with van der Waals surface area (Å²) in [6, 6.07) is 18.0. The number of nitrogens with zero attached hydrogens (tertiary/aromatic N) is 3. The molecule has 2 heterocycles. The molecule has 1 fully saturated rings. The number of hydrogen-bond donors (Lipinski definition) is 2. The molecule has 4 rings (SSSR count). The molecule has 0 aliphatic carbocycles. The zero-order chi connectivity index (χ0) is 17.1. The van der Waals surface area contributed by atoms with Crippen LogP contribution in [0.4, 0.5) is 0 Å². The maximum atomic E-state index is 12.5. The molecule has 1 saturated heterocycles. The van der Waals surface area contributed by atoms with Crippen molar-refractivity contribution in [1.29, 1.82) is 0 Å². The van der Waals surface area contributed by atoms with Gasteiger partial charge in [0.15, 0.2) is 6.67 Å². The normalized spacial score (nSPS) is 20.6. The number of benzene rings is 2. The van der Waals surface area contributed by atoms with E-state index < -0.39 is 0 Å². The van der Waals surface area contributed by atoms with Crippen LogP contribution in [0.2, 0.25) is 0 Å². The first-order chi connectivity index (χ1) is 12.3. The van der Waals surface area contributed by atoms with Gasteiger partial charge in [0.05, 0.1) is 5.39 Å². The van der Waals surface area contributed by atoms with Crippen LogP contribution in [0, 0.1) is 0 Å². The average Bonchev–Trinajstić information content (AvgIpc) is 2.67. The molecule has 0 atom stereocenters. The van der Waals surface area contributed by atoms with Crippen molar-refractivity contribution in [2.45, 2.75) is 13.2 Å². The highest BCUT2D eigenvalue weighted by molar-refractivity contribution is 5.76. The lowest BCUT2D eigenvalue weighted by atomic mass is 10.2. The summed E-state index contributed by atoms with van der Waals surface area (Å²) in [5.41, 5.74) is 2.01. The van der Waals surface area contributed by atoms with Gasteiger partial charge in [0, 0.05) is 5.56 Å². The lowest BCUT2D eigenvalue weighted by Gasteiger charge is -2.29. The van der Waals surface area contributed by atoms with Gasteiger partial charge in [0.25, 0.3) is 5.56 Å². The van der Waals surface area contributed by atoms with Gasteiger partial charge in [-0.05, 0) is 12.1 Å². The van der Waals surface area contributed by atoms with Gasteiger partial charge in [-0.15, -0.1) is 5.10 Å². The van der Waals surface area contributed by atoms with E-state index in [2.05, 4.69) is 40.6 Å². The lowest BCUT2D eigenvalue weighted by Crippen LogP contribution is -3.27. The molecular weight excluding hydrogens is 314 g/mol. The molecule has 1 aliphatic heterocycles. The van der Waals surface area contributed by atoms with E-state index in [-0.39, 0.29) is 5.56 Å². The van der Waals surface area contributed by atoms with Gasteiger partial charge < -0.3 is 9.80 Å². The first-order valence-corrected chi connectivity index (χ1v) is 8.83. The summed E-state index contributed by atoms with van der Waals surface area (Å²) in [5.74, 6) is 0. The zero-order valence-corrected chi connectivity index (χ0v) is 14.2. The predicted molar refractivity (Wildman–Crippen MR) is 95.3 cm³/mol. The molecule has 0 saturated carbocycles. The fourth-order valence-corrected chi connectivity index (χ4v) is 3.52. The van der Waals surface area contributed by atoms with Crippen LogP contribution in [-0.2, 0) is 13.2 Å². The van der Waals surface area contributed by atoms with Crippen molar-refractivity contribution in [3.8, 4) is 0 Å². The third kappa shape index (κ3) is 3.60. The van der Waals surface area contributed by atoms with E-state index in [9.17, 15) is 4.79 Å². The summed E-state index contributed by atoms with van der Waals surface area (Å²) in [6.07, 6.45) is 0. The number of hydrogen-bond acceptors (Lipinski definition) is 3. The number of quaternary nitrogens is 2. The molecule has 0 spiro atoms. The molecule has 0 amide bonds. The summed E-state index contributed by atoms with van der Waals surface area (Å²) in [4.78, 5) is 15.5. The van der Waals surface area contributed by atoms with Crippen molar-refractivity contribution in [2.75, 3.05) is 26.2 Å². The summed E-state index contributed by atoms with van der Waals surface area (Å²) >= 11 is 0. The molecule has 128 valence electrons. The lowest BCUT2D eigenvalue weighted by molar-refractivity contribution is -1.03. The molecule has 1 aromatic heterocycles. The monoisotopic (exact) mass is 337 g/mol. The van der Waals surface area contributed by atoms with Gasteiger partial charge in [0.2, 0.25) is 0 Å².